The molecule has 0 atom stereocenters. The summed E-state index contributed by atoms with van der Waals surface area (Å²) in [7, 11) is 0. The number of hydrogen-bond acceptors (Lipinski definition) is 4. The summed E-state index contributed by atoms with van der Waals surface area (Å²) in [5.74, 6) is 3.47. The van der Waals surface area contributed by atoms with Gasteiger partial charge in [-0.25, -0.2) is 4.79 Å². The van der Waals surface area contributed by atoms with Crippen molar-refractivity contribution < 1.29 is 32.6 Å². The van der Waals surface area contributed by atoms with Crippen LogP contribution in [0, 0.1) is 11.8 Å². The molecule has 2 N–H and O–H groups in total. The van der Waals surface area contributed by atoms with Crippen LogP contribution in [-0.2, 0) is 15.7 Å². The molecule has 0 radical (unpaired) electrons. The molecule has 0 aliphatic carbocycles. The van der Waals surface area contributed by atoms with Crippen molar-refractivity contribution in [3.05, 3.63) is 58.7 Å². The third-order valence-corrected chi connectivity index (χ3v) is 4.87. The van der Waals surface area contributed by atoms with Gasteiger partial charge in [-0.1, -0.05) is 18.8 Å². The van der Waals surface area contributed by atoms with Crippen molar-refractivity contribution in [3.8, 4) is 11.8 Å². The lowest BCUT2D eigenvalue weighted by Crippen LogP contribution is -2.36. The molecule has 0 unspecified atom stereocenters. The predicted molar refractivity (Wildman–Crippen MR) is 113 cm³/mol. The highest BCUT2D eigenvalue weighted by molar-refractivity contribution is 6.00. The number of carboxylic acids is 1. The Bertz CT molecular complexity index is 1080. The third-order valence-electron chi connectivity index (χ3n) is 4.87. The molecule has 32 heavy (non-hydrogen) atoms. The average molecular weight is 446 g/mol. The van der Waals surface area contributed by atoms with Gasteiger partial charge >= 0.3 is 12.1 Å². The summed E-state index contributed by atoms with van der Waals surface area (Å²) in [6.45, 7) is 3.52. The number of alkyl halides is 3. The number of carboxylic acid groups (broad SMARTS) is 1. The SMILES string of the molecule is CCC(=O)Nc1ccc(C#Cc2ccc(N3CCOCC3)cc2C(F)(F)F)cc1C(=O)O. The number of anilines is 2. The molecule has 2 aromatic rings. The minimum atomic E-state index is -4.60. The first-order chi connectivity index (χ1) is 15.2. The second-order valence-corrected chi connectivity index (χ2v) is 7.04. The molecule has 1 aliphatic rings. The van der Waals surface area contributed by atoms with Crippen molar-refractivity contribution in [2.24, 2.45) is 0 Å². The summed E-state index contributed by atoms with van der Waals surface area (Å²) in [6, 6.07) is 8.00. The summed E-state index contributed by atoms with van der Waals surface area (Å²) in [6.07, 6.45) is -4.44. The molecule has 0 bridgehead atoms. The Labute approximate surface area is 183 Å². The number of halogens is 3. The molecule has 0 spiro atoms. The minimum Gasteiger partial charge on any atom is -0.478 e. The van der Waals surface area contributed by atoms with Gasteiger partial charge in [-0.15, -0.1) is 0 Å². The number of hydrogen-bond donors (Lipinski definition) is 2. The quantitative estimate of drug-likeness (QED) is 0.695. The van der Waals surface area contributed by atoms with Crippen LogP contribution in [-0.4, -0.2) is 43.3 Å². The van der Waals surface area contributed by atoms with E-state index in [0.717, 1.165) is 6.07 Å². The summed E-state index contributed by atoms with van der Waals surface area (Å²) < 4.78 is 46.3. The lowest BCUT2D eigenvalue weighted by atomic mass is 10.0. The highest BCUT2D eigenvalue weighted by Gasteiger charge is 2.34. The van der Waals surface area contributed by atoms with Crippen LogP contribution >= 0.6 is 0 Å². The zero-order chi connectivity index (χ0) is 23.3. The van der Waals surface area contributed by atoms with Gasteiger partial charge < -0.3 is 20.1 Å². The maximum absolute atomic E-state index is 13.7. The summed E-state index contributed by atoms with van der Waals surface area (Å²) in [5.41, 5.74) is -0.523. The smallest absolute Gasteiger partial charge is 0.417 e. The van der Waals surface area contributed by atoms with Crippen molar-refractivity contribution in [1.29, 1.82) is 0 Å². The van der Waals surface area contributed by atoms with E-state index in [0.29, 0.717) is 32.0 Å². The lowest BCUT2D eigenvalue weighted by Gasteiger charge is -2.29. The van der Waals surface area contributed by atoms with E-state index >= 15 is 0 Å². The first kappa shape index (κ1) is 23.2. The van der Waals surface area contributed by atoms with Crippen LogP contribution in [0.3, 0.4) is 0 Å². The topological polar surface area (TPSA) is 78.9 Å². The number of rotatable bonds is 4. The van der Waals surface area contributed by atoms with E-state index in [1.54, 1.807) is 13.0 Å². The van der Waals surface area contributed by atoms with Crippen molar-refractivity contribution in [2.45, 2.75) is 19.5 Å². The Morgan fingerprint density at radius 1 is 1.12 bits per heavy atom. The first-order valence-electron chi connectivity index (χ1n) is 9.92. The van der Waals surface area contributed by atoms with Gasteiger partial charge in [0, 0.05) is 36.3 Å². The van der Waals surface area contributed by atoms with E-state index in [9.17, 15) is 27.9 Å². The van der Waals surface area contributed by atoms with Gasteiger partial charge in [0.15, 0.2) is 0 Å². The van der Waals surface area contributed by atoms with Crippen LogP contribution in [0.25, 0.3) is 0 Å². The fraction of sp³-hybridized carbons (Fsp3) is 0.304. The number of amides is 1. The van der Waals surface area contributed by atoms with Gasteiger partial charge in [0.1, 0.15) is 0 Å². The standard InChI is InChI=1S/C23H21F3N2O4/c1-2-21(29)27-20-8-4-15(13-18(20)22(30)31)3-5-16-6-7-17(14-19(16)23(24,25)26)28-9-11-32-12-10-28/h4,6-8,13-14H,2,9-12H2,1H3,(H,27,29)(H,30,31). The van der Waals surface area contributed by atoms with E-state index in [2.05, 4.69) is 17.2 Å². The molecule has 2 aromatic carbocycles. The molecule has 1 heterocycles. The van der Waals surface area contributed by atoms with Gasteiger partial charge in [0.25, 0.3) is 0 Å². The molecule has 6 nitrogen and oxygen atoms in total. The van der Waals surface area contributed by atoms with Crippen LogP contribution in [0.2, 0.25) is 0 Å². The summed E-state index contributed by atoms with van der Waals surface area (Å²) >= 11 is 0. The van der Waals surface area contributed by atoms with Crippen molar-refractivity contribution in [1.82, 2.24) is 0 Å². The highest BCUT2D eigenvalue weighted by Crippen LogP contribution is 2.34. The molecule has 1 fully saturated rings. The highest BCUT2D eigenvalue weighted by atomic mass is 19.4. The minimum absolute atomic E-state index is 0.0979. The normalized spacial score (nSPS) is 13.8. The van der Waals surface area contributed by atoms with Crippen LogP contribution in [0.5, 0.6) is 0 Å². The molecule has 9 heteroatoms. The van der Waals surface area contributed by atoms with Crippen LogP contribution in [0.4, 0.5) is 24.5 Å². The fourth-order valence-electron chi connectivity index (χ4n) is 3.18. The van der Waals surface area contributed by atoms with Gasteiger partial charge in [0.2, 0.25) is 5.91 Å². The summed E-state index contributed by atoms with van der Waals surface area (Å²) in [5, 5.41) is 11.9. The Morgan fingerprint density at radius 2 is 1.84 bits per heavy atom. The maximum Gasteiger partial charge on any atom is 0.417 e. The lowest BCUT2D eigenvalue weighted by molar-refractivity contribution is -0.137. The molecule has 0 saturated carbocycles. The Balaban J connectivity index is 1.95. The molecule has 1 saturated heterocycles. The molecular formula is C23H21F3N2O4. The first-order valence-corrected chi connectivity index (χ1v) is 9.92. The molecule has 3 rings (SSSR count). The third kappa shape index (κ3) is 5.59. The zero-order valence-corrected chi connectivity index (χ0v) is 17.3. The van der Waals surface area contributed by atoms with E-state index in [1.807, 2.05) is 4.90 Å². The zero-order valence-electron chi connectivity index (χ0n) is 17.3. The molecular weight excluding hydrogens is 425 g/mol. The average Bonchev–Trinajstić information content (AvgIpc) is 2.78. The van der Waals surface area contributed by atoms with Crippen LogP contribution < -0.4 is 10.2 Å². The van der Waals surface area contributed by atoms with Gasteiger partial charge in [-0.3, -0.25) is 4.79 Å². The Hall–Kier alpha value is -3.51. The molecule has 1 aliphatic heterocycles. The monoisotopic (exact) mass is 446 g/mol. The van der Waals surface area contributed by atoms with E-state index in [4.69, 9.17) is 4.74 Å². The van der Waals surface area contributed by atoms with Crippen molar-refractivity contribution in [3.63, 3.8) is 0 Å². The predicted octanol–water partition coefficient (Wildman–Crippen LogP) is 3.99. The van der Waals surface area contributed by atoms with Gasteiger partial charge in [-0.2, -0.15) is 13.2 Å². The molecule has 0 aromatic heterocycles. The number of carbonyl (C=O) groups is 2. The maximum atomic E-state index is 13.7. The number of ether oxygens (including phenoxy) is 1. The number of benzene rings is 2. The number of carbonyl (C=O) groups excluding carboxylic acids is 1. The number of nitrogens with zero attached hydrogens (tertiary/aromatic N) is 1. The second-order valence-electron chi connectivity index (χ2n) is 7.04. The van der Waals surface area contributed by atoms with E-state index < -0.39 is 17.7 Å². The number of nitrogens with one attached hydrogen (secondary N) is 1. The van der Waals surface area contributed by atoms with Crippen LogP contribution in [0.1, 0.15) is 40.4 Å². The Morgan fingerprint density at radius 3 is 2.47 bits per heavy atom. The number of aromatic carboxylic acids is 1. The Kier molecular flexibility index (Phi) is 7.05. The fourth-order valence-corrected chi connectivity index (χ4v) is 3.18. The number of morpholine rings is 1. The molecule has 1 amide bonds. The largest absolute Gasteiger partial charge is 0.478 e. The van der Waals surface area contributed by atoms with E-state index in [1.165, 1.54) is 24.3 Å². The van der Waals surface area contributed by atoms with Gasteiger partial charge in [-0.05, 0) is 36.4 Å². The van der Waals surface area contributed by atoms with Crippen molar-refractivity contribution in [2.75, 3.05) is 36.5 Å². The second kappa shape index (κ2) is 9.75. The molecule has 168 valence electrons. The van der Waals surface area contributed by atoms with Gasteiger partial charge in [0.05, 0.1) is 30.0 Å². The summed E-state index contributed by atoms with van der Waals surface area (Å²) in [4.78, 5) is 24.9. The van der Waals surface area contributed by atoms with Crippen molar-refractivity contribution >= 4 is 23.3 Å². The van der Waals surface area contributed by atoms with Crippen LogP contribution in [0.15, 0.2) is 36.4 Å². The van der Waals surface area contributed by atoms with E-state index in [-0.39, 0.29) is 34.7 Å².